The number of carboxylic acid groups (broad SMARTS) is 3. The van der Waals surface area contributed by atoms with E-state index >= 15 is 0 Å². The lowest BCUT2D eigenvalue weighted by atomic mass is 10.0. The van der Waals surface area contributed by atoms with E-state index in [0.717, 1.165) is 38.5 Å². The summed E-state index contributed by atoms with van der Waals surface area (Å²) in [6.07, 6.45) is 47.4. The summed E-state index contributed by atoms with van der Waals surface area (Å²) in [7, 11) is 0. The van der Waals surface area contributed by atoms with Crippen molar-refractivity contribution in [3.05, 3.63) is 0 Å². The van der Waals surface area contributed by atoms with E-state index in [-0.39, 0.29) is 0 Å². The van der Waals surface area contributed by atoms with Gasteiger partial charge in [0, 0.05) is 19.3 Å². The summed E-state index contributed by atoms with van der Waals surface area (Å²) in [6.45, 7) is 6.76. The molecule has 0 atom stereocenters. The molecule has 6 heteroatoms. The molecule has 0 radical (unpaired) electrons. The molecule has 6 nitrogen and oxygen atoms in total. The minimum atomic E-state index is -0.657. The zero-order valence-corrected chi connectivity index (χ0v) is 34.6. The number of unbranched alkanes of at least 4 members (excludes halogenated alkanes) is 33. The molecule has 0 rings (SSSR count). The van der Waals surface area contributed by atoms with Gasteiger partial charge in [0.05, 0.1) is 0 Å². The maximum atomic E-state index is 10.3. The average molecular weight is 727 g/mol. The molecule has 0 saturated heterocycles. The monoisotopic (exact) mass is 727 g/mol. The lowest BCUT2D eigenvalue weighted by molar-refractivity contribution is -0.138. The normalized spacial score (nSPS) is 10.6. The molecule has 3 N–H and O–H groups in total. The number of rotatable bonds is 39. The van der Waals surface area contributed by atoms with Crippen LogP contribution in [-0.2, 0) is 14.4 Å². The maximum Gasteiger partial charge on any atom is 0.303 e. The fraction of sp³-hybridized carbons (Fsp3) is 0.933. The van der Waals surface area contributed by atoms with E-state index in [1.807, 2.05) is 0 Å². The van der Waals surface area contributed by atoms with Gasteiger partial charge in [0.15, 0.2) is 0 Å². The summed E-state index contributed by atoms with van der Waals surface area (Å²) in [6, 6.07) is 0. The van der Waals surface area contributed by atoms with E-state index in [1.54, 1.807) is 0 Å². The van der Waals surface area contributed by atoms with Crippen LogP contribution in [0.3, 0.4) is 0 Å². The molecule has 0 aliphatic heterocycles. The van der Waals surface area contributed by atoms with Gasteiger partial charge in [0.25, 0.3) is 0 Å². The highest BCUT2D eigenvalue weighted by Gasteiger charge is 1.99. The van der Waals surface area contributed by atoms with E-state index < -0.39 is 17.9 Å². The van der Waals surface area contributed by atoms with Crippen molar-refractivity contribution in [1.82, 2.24) is 0 Å². The number of carboxylic acids is 3. The van der Waals surface area contributed by atoms with Gasteiger partial charge in [-0.2, -0.15) is 0 Å². The van der Waals surface area contributed by atoms with Crippen LogP contribution in [0.4, 0.5) is 0 Å². The summed E-state index contributed by atoms with van der Waals surface area (Å²) < 4.78 is 0. The summed E-state index contributed by atoms with van der Waals surface area (Å²) in [5.74, 6) is -1.97. The standard InChI is InChI=1S/C16H32O2.C15H30O2.C14H28O2/c1-2-3-4-5-6-7-8-9-10-11-12-13-14-15-16(17)18;1-2-3-4-5-6-7-8-9-10-11-12-13-14-15(16)17;1-2-3-4-5-6-7-8-9-10-11-12-13-14(15)16/h2-15H2,1H3,(H,17,18);2-14H2,1H3,(H,16,17);2-13H2,1H3,(H,15,16). The van der Waals surface area contributed by atoms with Crippen molar-refractivity contribution in [2.75, 3.05) is 0 Å². The third-order valence-corrected chi connectivity index (χ3v) is 9.73. The van der Waals surface area contributed by atoms with E-state index in [9.17, 15) is 14.4 Å². The lowest BCUT2D eigenvalue weighted by Crippen LogP contribution is -1.93. The SMILES string of the molecule is CCCCCCCCCCCCCC(=O)O.CCCCCCCCCCCCCCC(=O)O.CCCCCCCCCCCCCCCC(=O)O. The molecule has 0 saturated carbocycles. The van der Waals surface area contributed by atoms with Crippen LogP contribution in [0.2, 0.25) is 0 Å². The third kappa shape index (κ3) is 63.9. The molecular weight excluding hydrogens is 636 g/mol. The highest BCUT2D eigenvalue weighted by molar-refractivity contribution is 5.67. The topological polar surface area (TPSA) is 112 Å². The van der Waals surface area contributed by atoms with Crippen molar-refractivity contribution in [3.63, 3.8) is 0 Å². The van der Waals surface area contributed by atoms with Gasteiger partial charge in [-0.25, -0.2) is 0 Å². The van der Waals surface area contributed by atoms with Gasteiger partial charge in [0.2, 0.25) is 0 Å². The molecule has 0 bridgehead atoms. The van der Waals surface area contributed by atoms with Gasteiger partial charge in [0.1, 0.15) is 0 Å². The number of hydrogen-bond acceptors (Lipinski definition) is 3. The fourth-order valence-electron chi connectivity index (χ4n) is 6.35. The lowest BCUT2D eigenvalue weighted by Gasteiger charge is -2.02. The summed E-state index contributed by atoms with van der Waals surface area (Å²) >= 11 is 0. The van der Waals surface area contributed by atoms with Crippen molar-refractivity contribution in [2.45, 2.75) is 271 Å². The molecule has 0 amide bonds. The second-order valence-electron chi connectivity index (χ2n) is 15.1. The average Bonchev–Trinajstić information content (AvgIpc) is 3.10. The number of aliphatic carboxylic acids is 3. The molecule has 0 aliphatic rings. The highest BCUT2D eigenvalue weighted by atomic mass is 16.4. The Hall–Kier alpha value is -1.59. The van der Waals surface area contributed by atoms with Crippen LogP contribution in [-0.4, -0.2) is 33.2 Å². The smallest absolute Gasteiger partial charge is 0.303 e. The van der Waals surface area contributed by atoms with Crippen molar-refractivity contribution in [2.24, 2.45) is 0 Å². The van der Waals surface area contributed by atoms with Crippen LogP contribution in [0.5, 0.6) is 0 Å². The zero-order chi connectivity index (χ0) is 38.3. The Morgan fingerprint density at radius 2 is 0.353 bits per heavy atom. The minimum Gasteiger partial charge on any atom is -0.481 e. The van der Waals surface area contributed by atoms with E-state index in [1.165, 1.54) is 193 Å². The zero-order valence-electron chi connectivity index (χ0n) is 34.6. The van der Waals surface area contributed by atoms with Gasteiger partial charge in [-0.15, -0.1) is 0 Å². The van der Waals surface area contributed by atoms with Gasteiger partial charge >= 0.3 is 17.9 Å². The summed E-state index contributed by atoms with van der Waals surface area (Å²) in [5, 5.41) is 25.4. The van der Waals surface area contributed by atoms with E-state index in [2.05, 4.69) is 20.8 Å². The Morgan fingerprint density at radius 3 is 0.471 bits per heavy atom. The van der Waals surface area contributed by atoms with Crippen LogP contribution < -0.4 is 0 Å². The van der Waals surface area contributed by atoms with E-state index in [4.69, 9.17) is 15.3 Å². The first-order valence-electron chi connectivity index (χ1n) is 22.5. The molecular formula is C45H90O6. The summed E-state index contributed by atoms with van der Waals surface area (Å²) in [4.78, 5) is 30.8. The van der Waals surface area contributed by atoms with Crippen molar-refractivity contribution in [1.29, 1.82) is 0 Å². The van der Waals surface area contributed by atoms with Crippen LogP contribution in [0, 0.1) is 0 Å². The number of carbonyl (C=O) groups is 3. The predicted octanol–water partition coefficient (Wildman–Crippen LogP) is 15.5. The first kappa shape index (κ1) is 53.8. The predicted molar refractivity (Wildman–Crippen MR) is 220 cm³/mol. The first-order valence-corrected chi connectivity index (χ1v) is 22.5. The Labute approximate surface area is 318 Å². The molecule has 0 aromatic carbocycles. The first-order chi connectivity index (χ1) is 24.8. The second-order valence-corrected chi connectivity index (χ2v) is 15.1. The Bertz CT molecular complexity index is 680. The van der Waals surface area contributed by atoms with E-state index in [0.29, 0.717) is 19.3 Å². The largest absolute Gasteiger partial charge is 0.481 e. The third-order valence-electron chi connectivity index (χ3n) is 9.73. The fourth-order valence-corrected chi connectivity index (χ4v) is 6.35. The van der Waals surface area contributed by atoms with Gasteiger partial charge in [-0.3, -0.25) is 14.4 Å². The molecule has 0 aliphatic carbocycles. The minimum absolute atomic E-state index is 0.344. The molecule has 0 unspecified atom stereocenters. The Morgan fingerprint density at radius 1 is 0.235 bits per heavy atom. The van der Waals surface area contributed by atoms with Crippen molar-refractivity contribution in [3.8, 4) is 0 Å². The highest BCUT2D eigenvalue weighted by Crippen LogP contribution is 2.15. The number of hydrogen-bond donors (Lipinski definition) is 3. The molecule has 0 heterocycles. The molecule has 0 fully saturated rings. The summed E-state index contributed by atoms with van der Waals surface area (Å²) in [5.41, 5.74) is 0. The maximum absolute atomic E-state index is 10.3. The Kier molecular flexibility index (Phi) is 53.3. The molecule has 0 aromatic rings. The van der Waals surface area contributed by atoms with Gasteiger partial charge in [-0.1, -0.05) is 233 Å². The van der Waals surface area contributed by atoms with Gasteiger partial charge < -0.3 is 15.3 Å². The van der Waals surface area contributed by atoms with Crippen molar-refractivity contribution >= 4 is 17.9 Å². The Balaban J connectivity index is -0.000000679. The molecule has 0 spiro atoms. The van der Waals surface area contributed by atoms with Crippen molar-refractivity contribution < 1.29 is 29.7 Å². The second kappa shape index (κ2) is 50.5. The van der Waals surface area contributed by atoms with Crippen LogP contribution in [0.25, 0.3) is 0 Å². The quantitative estimate of drug-likeness (QED) is 0.0544. The molecule has 51 heavy (non-hydrogen) atoms. The van der Waals surface area contributed by atoms with Crippen LogP contribution in [0.15, 0.2) is 0 Å². The van der Waals surface area contributed by atoms with Crippen LogP contribution in [0.1, 0.15) is 271 Å². The van der Waals surface area contributed by atoms with Crippen LogP contribution >= 0.6 is 0 Å². The molecule has 0 aromatic heterocycles. The van der Waals surface area contributed by atoms with Gasteiger partial charge in [-0.05, 0) is 19.3 Å². The molecule has 306 valence electrons.